The van der Waals surface area contributed by atoms with Gasteiger partial charge in [-0.25, -0.2) is 0 Å². The Labute approximate surface area is 154 Å². The van der Waals surface area contributed by atoms with E-state index in [1.807, 2.05) is 39.8 Å². The SMILES string of the molecule is CC(C)/C=C/NC(=O)CCC(=O)O.CC(C)/C=C/NC(=O)CCC(N)=O. The fourth-order valence-electron chi connectivity index (χ4n) is 1.27. The van der Waals surface area contributed by atoms with Crippen molar-refractivity contribution in [2.75, 3.05) is 0 Å². The second kappa shape index (κ2) is 15.9. The minimum Gasteiger partial charge on any atom is -0.481 e. The van der Waals surface area contributed by atoms with Gasteiger partial charge in [0.15, 0.2) is 0 Å². The molecule has 0 aliphatic rings. The summed E-state index contributed by atoms with van der Waals surface area (Å²) in [5.74, 6) is -1.09. The molecule has 26 heavy (non-hydrogen) atoms. The zero-order valence-electron chi connectivity index (χ0n) is 16.0. The van der Waals surface area contributed by atoms with Crippen LogP contribution < -0.4 is 16.4 Å². The summed E-state index contributed by atoms with van der Waals surface area (Å²) in [6, 6.07) is 0. The van der Waals surface area contributed by atoms with Crippen LogP contribution in [0.3, 0.4) is 0 Å². The van der Waals surface area contributed by atoms with Crippen LogP contribution in [0, 0.1) is 11.8 Å². The van der Waals surface area contributed by atoms with Gasteiger partial charge in [-0.1, -0.05) is 39.8 Å². The molecule has 0 aromatic heterocycles. The summed E-state index contributed by atoms with van der Waals surface area (Å²) < 4.78 is 0. The first-order chi connectivity index (χ1) is 12.0. The zero-order valence-corrected chi connectivity index (χ0v) is 16.0. The third-order valence-corrected chi connectivity index (χ3v) is 2.62. The molecule has 5 N–H and O–H groups in total. The Kier molecular flexibility index (Phi) is 15.6. The van der Waals surface area contributed by atoms with Crippen LogP contribution in [0.25, 0.3) is 0 Å². The van der Waals surface area contributed by atoms with Gasteiger partial charge in [0, 0.05) is 19.3 Å². The maximum absolute atomic E-state index is 11.0. The van der Waals surface area contributed by atoms with Crippen LogP contribution in [0.4, 0.5) is 0 Å². The molecule has 0 aliphatic heterocycles. The van der Waals surface area contributed by atoms with Gasteiger partial charge in [-0.15, -0.1) is 0 Å². The van der Waals surface area contributed by atoms with Crippen molar-refractivity contribution >= 4 is 23.7 Å². The number of nitrogens with one attached hydrogen (secondary N) is 2. The number of carboxylic acids is 1. The molecule has 0 spiro atoms. The van der Waals surface area contributed by atoms with Gasteiger partial charge < -0.3 is 21.5 Å². The van der Waals surface area contributed by atoms with Crippen molar-refractivity contribution in [1.82, 2.24) is 10.6 Å². The van der Waals surface area contributed by atoms with E-state index in [1.165, 1.54) is 0 Å². The van der Waals surface area contributed by atoms with Gasteiger partial charge in [-0.3, -0.25) is 19.2 Å². The van der Waals surface area contributed by atoms with Gasteiger partial charge in [0.1, 0.15) is 0 Å². The van der Waals surface area contributed by atoms with Crippen LogP contribution in [-0.2, 0) is 19.2 Å². The minimum absolute atomic E-state index is 0.0256. The normalized spacial score (nSPS) is 10.7. The van der Waals surface area contributed by atoms with Crippen molar-refractivity contribution in [2.24, 2.45) is 17.6 Å². The quantitative estimate of drug-likeness (QED) is 0.464. The van der Waals surface area contributed by atoms with Crippen molar-refractivity contribution in [3.05, 3.63) is 24.6 Å². The zero-order chi connectivity index (χ0) is 20.5. The summed E-state index contributed by atoms with van der Waals surface area (Å²) in [7, 11) is 0. The van der Waals surface area contributed by atoms with Crippen LogP contribution in [0.5, 0.6) is 0 Å². The van der Waals surface area contributed by atoms with Crippen LogP contribution in [0.1, 0.15) is 53.4 Å². The largest absolute Gasteiger partial charge is 0.481 e. The molecule has 0 unspecified atom stereocenters. The second-order valence-corrected chi connectivity index (χ2v) is 6.20. The highest BCUT2D eigenvalue weighted by molar-refractivity contribution is 5.83. The van der Waals surface area contributed by atoms with Gasteiger partial charge in [0.2, 0.25) is 17.7 Å². The van der Waals surface area contributed by atoms with Gasteiger partial charge in [-0.05, 0) is 24.2 Å². The molecule has 0 aromatic rings. The highest BCUT2D eigenvalue weighted by Gasteiger charge is 2.02. The average molecular weight is 369 g/mol. The first-order valence-electron chi connectivity index (χ1n) is 8.46. The lowest BCUT2D eigenvalue weighted by Gasteiger charge is -1.98. The fourth-order valence-corrected chi connectivity index (χ4v) is 1.27. The number of nitrogens with two attached hydrogens (primary N) is 1. The smallest absolute Gasteiger partial charge is 0.303 e. The van der Waals surface area contributed by atoms with Crippen LogP contribution in [0.15, 0.2) is 24.6 Å². The van der Waals surface area contributed by atoms with E-state index in [4.69, 9.17) is 10.8 Å². The highest BCUT2D eigenvalue weighted by atomic mass is 16.4. The maximum Gasteiger partial charge on any atom is 0.303 e. The molecule has 8 heteroatoms. The number of allylic oxidation sites excluding steroid dienone is 2. The molecule has 0 aliphatic carbocycles. The lowest BCUT2D eigenvalue weighted by Crippen LogP contribution is -2.20. The predicted octanol–water partition coefficient (Wildman–Crippen LogP) is 1.67. The molecule has 148 valence electrons. The van der Waals surface area contributed by atoms with E-state index in [2.05, 4.69) is 10.6 Å². The molecule has 0 atom stereocenters. The third-order valence-electron chi connectivity index (χ3n) is 2.62. The Morgan fingerprint density at radius 1 is 0.808 bits per heavy atom. The molecule has 8 nitrogen and oxygen atoms in total. The molecule has 0 saturated carbocycles. The Morgan fingerprint density at radius 3 is 1.50 bits per heavy atom. The molecular formula is C18H31N3O5. The van der Waals surface area contributed by atoms with E-state index in [0.717, 1.165) is 0 Å². The highest BCUT2D eigenvalue weighted by Crippen LogP contribution is 1.93. The van der Waals surface area contributed by atoms with Crippen molar-refractivity contribution in [2.45, 2.75) is 53.4 Å². The minimum atomic E-state index is -0.956. The Morgan fingerprint density at radius 2 is 1.19 bits per heavy atom. The topological polar surface area (TPSA) is 139 Å². The van der Waals surface area contributed by atoms with E-state index in [9.17, 15) is 19.2 Å². The van der Waals surface area contributed by atoms with E-state index >= 15 is 0 Å². The lowest BCUT2D eigenvalue weighted by molar-refractivity contribution is -0.138. The van der Waals surface area contributed by atoms with Crippen molar-refractivity contribution in [1.29, 1.82) is 0 Å². The number of primary amides is 1. The van der Waals surface area contributed by atoms with Crippen molar-refractivity contribution < 1.29 is 24.3 Å². The van der Waals surface area contributed by atoms with E-state index < -0.39 is 11.9 Å². The number of rotatable bonds is 10. The standard InChI is InChI=1S/C9H16N2O2.C9H15NO3/c1-7(2)5-6-11-9(13)4-3-8(10)12;1-7(2)5-6-10-8(11)3-4-9(12)13/h5-7H,3-4H2,1-2H3,(H2,10,12)(H,11,13);5-7H,3-4H2,1-2H3,(H,10,11)(H,12,13)/b2*6-5+. The van der Waals surface area contributed by atoms with Crippen LogP contribution in [-0.4, -0.2) is 28.8 Å². The average Bonchev–Trinajstić information content (AvgIpc) is 2.51. The first kappa shape index (κ1) is 25.6. The number of carboxylic acid groups (broad SMARTS) is 1. The molecule has 0 radical (unpaired) electrons. The summed E-state index contributed by atoms with van der Waals surface area (Å²) in [5, 5.41) is 13.3. The second-order valence-electron chi connectivity index (χ2n) is 6.20. The molecule has 0 fully saturated rings. The number of carbonyl (C=O) groups excluding carboxylic acids is 3. The van der Waals surface area contributed by atoms with Crippen LogP contribution in [0.2, 0.25) is 0 Å². The molecule has 3 amide bonds. The Bertz CT molecular complexity index is 465. The molecule has 0 rings (SSSR count). The fraction of sp³-hybridized carbons (Fsp3) is 0.556. The van der Waals surface area contributed by atoms with Crippen LogP contribution >= 0.6 is 0 Å². The summed E-state index contributed by atoms with van der Waals surface area (Å²) in [4.78, 5) is 42.3. The number of aliphatic carboxylic acids is 1. The van der Waals surface area contributed by atoms with E-state index in [0.29, 0.717) is 11.8 Å². The van der Waals surface area contributed by atoms with Crippen molar-refractivity contribution in [3.63, 3.8) is 0 Å². The lowest BCUT2D eigenvalue weighted by atomic mass is 10.2. The van der Waals surface area contributed by atoms with Gasteiger partial charge in [-0.2, -0.15) is 0 Å². The maximum atomic E-state index is 11.0. The number of carbonyl (C=O) groups is 4. The number of hydrogen-bond acceptors (Lipinski definition) is 4. The van der Waals surface area contributed by atoms with Gasteiger partial charge in [0.25, 0.3) is 0 Å². The number of hydrogen-bond donors (Lipinski definition) is 4. The Hall–Kier alpha value is -2.64. The first-order valence-corrected chi connectivity index (χ1v) is 8.46. The van der Waals surface area contributed by atoms with Gasteiger partial charge in [0.05, 0.1) is 6.42 Å². The molecule has 0 saturated heterocycles. The summed E-state index contributed by atoms with van der Waals surface area (Å²) >= 11 is 0. The predicted molar refractivity (Wildman–Crippen MR) is 99.5 cm³/mol. The Balaban J connectivity index is 0. The molecular weight excluding hydrogens is 338 g/mol. The van der Waals surface area contributed by atoms with Gasteiger partial charge >= 0.3 is 5.97 Å². The van der Waals surface area contributed by atoms with E-state index in [1.54, 1.807) is 12.4 Å². The van der Waals surface area contributed by atoms with Crippen molar-refractivity contribution in [3.8, 4) is 0 Å². The monoisotopic (exact) mass is 369 g/mol. The van der Waals surface area contributed by atoms with E-state index in [-0.39, 0.29) is 37.5 Å². The summed E-state index contributed by atoms with van der Waals surface area (Å²) in [6.07, 6.45) is 6.99. The molecule has 0 aromatic carbocycles. The number of amides is 3. The molecule has 0 bridgehead atoms. The summed E-state index contributed by atoms with van der Waals surface area (Å²) in [5.41, 5.74) is 4.88. The summed E-state index contributed by atoms with van der Waals surface area (Å²) in [6.45, 7) is 7.98. The third kappa shape index (κ3) is 23.6. The molecule has 0 heterocycles.